The highest BCUT2D eigenvalue weighted by Crippen LogP contribution is 2.26. The molecular formula is C11H20N4O2S. The average Bonchev–Trinajstić information content (AvgIpc) is 2.68. The van der Waals surface area contributed by atoms with Crippen molar-refractivity contribution in [2.45, 2.75) is 19.4 Å². The van der Waals surface area contributed by atoms with Crippen LogP contribution in [0.2, 0.25) is 0 Å². The Morgan fingerprint density at radius 1 is 1.61 bits per heavy atom. The number of aromatic nitrogens is 1. The molecule has 0 radical (unpaired) electrons. The fourth-order valence-electron chi connectivity index (χ4n) is 1.33. The van der Waals surface area contributed by atoms with Crippen molar-refractivity contribution in [3.8, 4) is 0 Å². The van der Waals surface area contributed by atoms with E-state index in [1.807, 2.05) is 25.9 Å². The zero-order valence-corrected chi connectivity index (χ0v) is 12.0. The van der Waals surface area contributed by atoms with E-state index in [9.17, 15) is 4.79 Å². The van der Waals surface area contributed by atoms with E-state index in [0.29, 0.717) is 11.5 Å². The van der Waals surface area contributed by atoms with Gasteiger partial charge < -0.3 is 20.7 Å². The van der Waals surface area contributed by atoms with E-state index in [4.69, 9.17) is 10.5 Å². The molecule has 0 spiro atoms. The summed E-state index contributed by atoms with van der Waals surface area (Å²) in [6.45, 7) is 2.55. The SMILES string of the molecule is COCCC(C)NC(=O)c1sc(N(C)C)nc1N. The van der Waals surface area contributed by atoms with Gasteiger partial charge in [-0.3, -0.25) is 4.79 Å². The Labute approximate surface area is 111 Å². The first kappa shape index (κ1) is 14.7. The van der Waals surface area contributed by atoms with E-state index in [1.165, 1.54) is 11.3 Å². The lowest BCUT2D eigenvalue weighted by Gasteiger charge is -2.12. The number of hydrogen-bond donors (Lipinski definition) is 2. The normalized spacial score (nSPS) is 12.2. The second kappa shape index (κ2) is 6.55. The molecule has 0 fully saturated rings. The maximum atomic E-state index is 12.0. The number of methoxy groups -OCH3 is 1. The van der Waals surface area contributed by atoms with Crippen molar-refractivity contribution in [3.63, 3.8) is 0 Å². The molecule has 0 aliphatic rings. The second-order valence-electron chi connectivity index (χ2n) is 4.26. The summed E-state index contributed by atoms with van der Waals surface area (Å²) < 4.78 is 4.97. The Kier molecular flexibility index (Phi) is 5.36. The Hall–Kier alpha value is -1.34. The van der Waals surface area contributed by atoms with Crippen LogP contribution in [0.25, 0.3) is 0 Å². The van der Waals surface area contributed by atoms with Gasteiger partial charge >= 0.3 is 0 Å². The van der Waals surface area contributed by atoms with Crippen LogP contribution < -0.4 is 16.0 Å². The van der Waals surface area contributed by atoms with Crippen LogP contribution in [-0.2, 0) is 4.74 Å². The summed E-state index contributed by atoms with van der Waals surface area (Å²) in [4.78, 5) is 18.4. The fraction of sp³-hybridized carbons (Fsp3) is 0.636. The number of amides is 1. The third-order valence-corrected chi connectivity index (χ3v) is 3.60. The molecule has 0 aromatic carbocycles. The molecule has 1 rings (SSSR count). The van der Waals surface area contributed by atoms with E-state index < -0.39 is 0 Å². The average molecular weight is 272 g/mol. The van der Waals surface area contributed by atoms with Gasteiger partial charge in [0.1, 0.15) is 10.7 Å². The molecule has 0 aliphatic carbocycles. The minimum Gasteiger partial charge on any atom is -0.385 e. The highest BCUT2D eigenvalue weighted by Gasteiger charge is 2.18. The van der Waals surface area contributed by atoms with Crippen LogP contribution in [0.15, 0.2) is 0 Å². The third kappa shape index (κ3) is 3.85. The minimum absolute atomic E-state index is 0.0433. The summed E-state index contributed by atoms with van der Waals surface area (Å²) in [5.41, 5.74) is 5.74. The Balaban J connectivity index is 2.66. The number of hydrogen-bond acceptors (Lipinski definition) is 6. The molecule has 0 saturated heterocycles. The van der Waals surface area contributed by atoms with Gasteiger partial charge in [-0.1, -0.05) is 11.3 Å². The van der Waals surface area contributed by atoms with E-state index in [1.54, 1.807) is 7.11 Å². The number of anilines is 2. The van der Waals surface area contributed by atoms with Crippen molar-refractivity contribution in [2.24, 2.45) is 0 Å². The molecule has 1 amide bonds. The first-order valence-electron chi connectivity index (χ1n) is 5.69. The van der Waals surface area contributed by atoms with Crippen molar-refractivity contribution in [2.75, 3.05) is 38.4 Å². The van der Waals surface area contributed by atoms with E-state index in [2.05, 4.69) is 10.3 Å². The summed E-state index contributed by atoms with van der Waals surface area (Å²) in [6, 6.07) is 0.0433. The number of thiazole rings is 1. The number of ether oxygens (including phenoxy) is 1. The van der Waals surface area contributed by atoms with Gasteiger partial charge in [0.25, 0.3) is 5.91 Å². The van der Waals surface area contributed by atoms with E-state index in [0.717, 1.165) is 11.6 Å². The van der Waals surface area contributed by atoms with Crippen molar-refractivity contribution < 1.29 is 9.53 Å². The Morgan fingerprint density at radius 2 is 2.28 bits per heavy atom. The molecule has 6 nitrogen and oxygen atoms in total. The number of nitrogens with zero attached hydrogens (tertiary/aromatic N) is 2. The molecule has 18 heavy (non-hydrogen) atoms. The second-order valence-corrected chi connectivity index (χ2v) is 5.24. The molecule has 3 N–H and O–H groups in total. The van der Waals surface area contributed by atoms with Crippen LogP contribution in [0.4, 0.5) is 10.9 Å². The van der Waals surface area contributed by atoms with E-state index in [-0.39, 0.29) is 17.8 Å². The van der Waals surface area contributed by atoms with Crippen LogP contribution in [-0.4, -0.2) is 44.7 Å². The van der Waals surface area contributed by atoms with Gasteiger partial charge in [-0.25, -0.2) is 4.98 Å². The number of nitrogens with one attached hydrogen (secondary N) is 1. The van der Waals surface area contributed by atoms with Gasteiger partial charge in [-0.15, -0.1) is 0 Å². The lowest BCUT2D eigenvalue weighted by molar-refractivity contribution is 0.0934. The summed E-state index contributed by atoms with van der Waals surface area (Å²) >= 11 is 1.29. The molecule has 1 aromatic heterocycles. The molecule has 1 heterocycles. The standard InChI is InChI=1S/C11H20N4O2S/c1-7(5-6-17-4)13-10(16)8-9(12)14-11(18-8)15(2)3/h7H,5-6,12H2,1-4H3,(H,13,16). The van der Waals surface area contributed by atoms with Crippen LogP contribution in [0.3, 0.4) is 0 Å². The lowest BCUT2D eigenvalue weighted by Crippen LogP contribution is -2.33. The van der Waals surface area contributed by atoms with Gasteiger partial charge in [-0.2, -0.15) is 0 Å². The van der Waals surface area contributed by atoms with Crippen molar-refractivity contribution >= 4 is 28.2 Å². The van der Waals surface area contributed by atoms with Crippen LogP contribution >= 0.6 is 11.3 Å². The predicted molar refractivity (Wildman–Crippen MR) is 74.3 cm³/mol. The van der Waals surface area contributed by atoms with Gasteiger partial charge in [0.05, 0.1) is 0 Å². The largest absolute Gasteiger partial charge is 0.385 e. The molecule has 102 valence electrons. The maximum Gasteiger partial charge on any atom is 0.265 e. The highest BCUT2D eigenvalue weighted by atomic mass is 32.1. The maximum absolute atomic E-state index is 12.0. The minimum atomic E-state index is -0.179. The number of nitrogen functional groups attached to an aromatic ring is 1. The Bertz CT molecular complexity index is 406. The van der Waals surface area contributed by atoms with Gasteiger partial charge in [0.15, 0.2) is 5.13 Å². The first-order valence-corrected chi connectivity index (χ1v) is 6.50. The number of carbonyl (C=O) groups is 1. The molecular weight excluding hydrogens is 252 g/mol. The fourth-order valence-corrected chi connectivity index (χ4v) is 2.14. The summed E-state index contributed by atoms with van der Waals surface area (Å²) in [5.74, 6) is 0.0989. The third-order valence-electron chi connectivity index (χ3n) is 2.36. The van der Waals surface area contributed by atoms with Crippen LogP contribution in [0, 0.1) is 0 Å². The molecule has 0 aliphatic heterocycles. The summed E-state index contributed by atoms with van der Waals surface area (Å²) in [6.07, 6.45) is 0.765. The zero-order chi connectivity index (χ0) is 13.7. The number of carbonyl (C=O) groups excluding carboxylic acids is 1. The number of nitrogens with two attached hydrogens (primary N) is 1. The van der Waals surface area contributed by atoms with Gasteiger partial charge in [0, 0.05) is 33.9 Å². The first-order chi connectivity index (χ1) is 8.45. The predicted octanol–water partition coefficient (Wildman–Crippen LogP) is 0.946. The molecule has 1 aromatic rings. The zero-order valence-electron chi connectivity index (χ0n) is 11.2. The van der Waals surface area contributed by atoms with Gasteiger partial charge in [0.2, 0.25) is 0 Å². The quantitative estimate of drug-likeness (QED) is 0.806. The topological polar surface area (TPSA) is 80.5 Å². The van der Waals surface area contributed by atoms with Crippen LogP contribution in [0.5, 0.6) is 0 Å². The Morgan fingerprint density at radius 3 is 2.78 bits per heavy atom. The molecule has 7 heteroatoms. The lowest BCUT2D eigenvalue weighted by atomic mass is 10.2. The van der Waals surface area contributed by atoms with Crippen LogP contribution in [0.1, 0.15) is 23.0 Å². The monoisotopic (exact) mass is 272 g/mol. The molecule has 1 atom stereocenters. The molecule has 0 saturated carbocycles. The van der Waals surface area contributed by atoms with Gasteiger partial charge in [-0.05, 0) is 13.3 Å². The van der Waals surface area contributed by atoms with Crippen molar-refractivity contribution in [3.05, 3.63) is 4.88 Å². The molecule has 1 unspecified atom stereocenters. The summed E-state index contributed by atoms with van der Waals surface area (Å²) in [7, 11) is 5.36. The molecule has 0 bridgehead atoms. The van der Waals surface area contributed by atoms with Crippen molar-refractivity contribution in [1.29, 1.82) is 0 Å². The smallest absolute Gasteiger partial charge is 0.265 e. The van der Waals surface area contributed by atoms with Crippen molar-refractivity contribution in [1.82, 2.24) is 10.3 Å². The van der Waals surface area contributed by atoms with E-state index >= 15 is 0 Å². The summed E-state index contributed by atoms with van der Waals surface area (Å²) in [5, 5.41) is 3.60. The highest BCUT2D eigenvalue weighted by molar-refractivity contribution is 7.18. The number of rotatable bonds is 6.